The first-order valence-corrected chi connectivity index (χ1v) is 10.5. The zero-order valence-corrected chi connectivity index (χ0v) is 18.1. The van der Waals surface area contributed by atoms with Crippen LogP contribution in [0.3, 0.4) is 0 Å². The molecular weight excluding hydrogens is 430 g/mol. The van der Waals surface area contributed by atoms with Crippen LogP contribution in [0.15, 0.2) is 102 Å². The van der Waals surface area contributed by atoms with E-state index in [1.165, 1.54) is 12.3 Å². The molecule has 0 aliphatic carbocycles. The van der Waals surface area contributed by atoms with Crippen molar-refractivity contribution in [2.45, 2.75) is 6.42 Å². The first-order valence-electron chi connectivity index (χ1n) is 10.5. The van der Waals surface area contributed by atoms with Crippen molar-refractivity contribution in [3.63, 3.8) is 0 Å². The van der Waals surface area contributed by atoms with Gasteiger partial charge in [0.2, 0.25) is 5.75 Å². The van der Waals surface area contributed by atoms with Crippen LogP contribution < -0.4 is 5.32 Å². The fourth-order valence-electron chi connectivity index (χ4n) is 3.47. The third kappa shape index (κ3) is 5.52. The number of hydrogen-bond donors (Lipinski definition) is 2. The third-order valence-electron chi connectivity index (χ3n) is 5.12. The Morgan fingerprint density at radius 3 is 2.32 bits per heavy atom. The number of amides is 1. The van der Waals surface area contributed by atoms with Gasteiger partial charge in [-0.05, 0) is 53.9 Å². The molecule has 168 valence electrons. The second-order valence-corrected chi connectivity index (χ2v) is 7.60. The Bertz CT molecular complexity index is 1350. The van der Waals surface area contributed by atoms with Crippen LogP contribution in [0, 0.1) is 10.1 Å². The molecule has 2 N–H and O–H groups in total. The number of phenolic OH excluding ortho intramolecular Hbond substituents is 1. The summed E-state index contributed by atoms with van der Waals surface area (Å²) in [7, 11) is 0. The van der Waals surface area contributed by atoms with Crippen molar-refractivity contribution in [2.24, 2.45) is 4.99 Å². The summed E-state index contributed by atoms with van der Waals surface area (Å²) in [6, 6.07) is 28.3. The number of carbonyl (C=O) groups excluding carboxylic acids is 1. The summed E-state index contributed by atoms with van der Waals surface area (Å²) in [4.78, 5) is 27.6. The highest BCUT2D eigenvalue weighted by atomic mass is 16.6. The number of nitrogens with zero attached hydrogens (tertiary/aromatic N) is 2. The Labute approximate surface area is 196 Å². The number of aliphatic imine (C=N–C) groups is 1. The number of nitrogens with one attached hydrogen (secondary N) is 1. The maximum atomic E-state index is 12.4. The molecule has 7 nitrogen and oxygen atoms in total. The molecule has 0 bridgehead atoms. The first-order chi connectivity index (χ1) is 16.5. The zero-order valence-electron chi connectivity index (χ0n) is 18.1. The van der Waals surface area contributed by atoms with Crippen LogP contribution in [0.1, 0.15) is 27.0 Å². The third-order valence-corrected chi connectivity index (χ3v) is 5.12. The monoisotopic (exact) mass is 451 g/mol. The van der Waals surface area contributed by atoms with Crippen LogP contribution in [-0.2, 0) is 6.42 Å². The van der Waals surface area contributed by atoms with E-state index >= 15 is 0 Å². The molecule has 4 aromatic rings. The molecular formula is C27H21N3O4. The van der Waals surface area contributed by atoms with Gasteiger partial charge in [0.15, 0.2) is 0 Å². The van der Waals surface area contributed by atoms with E-state index in [4.69, 9.17) is 0 Å². The molecule has 0 saturated carbocycles. The first kappa shape index (κ1) is 22.4. The smallest absolute Gasteiger partial charge is 0.311 e. The number of phenols is 1. The fourth-order valence-corrected chi connectivity index (χ4v) is 3.47. The van der Waals surface area contributed by atoms with Crippen LogP contribution >= 0.6 is 0 Å². The van der Waals surface area contributed by atoms with Gasteiger partial charge in [0.05, 0.1) is 10.6 Å². The maximum absolute atomic E-state index is 12.4. The Balaban J connectivity index is 1.58. The van der Waals surface area contributed by atoms with E-state index in [1.54, 1.807) is 54.6 Å². The lowest BCUT2D eigenvalue weighted by Crippen LogP contribution is -2.11. The van der Waals surface area contributed by atoms with Crippen molar-refractivity contribution in [1.82, 2.24) is 0 Å². The van der Waals surface area contributed by atoms with Gasteiger partial charge in [-0.3, -0.25) is 19.9 Å². The fraction of sp³-hybridized carbons (Fsp3) is 0.0370. The Morgan fingerprint density at radius 1 is 0.912 bits per heavy atom. The van der Waals surface area contributed by atoms with E-state index in [0.29, 0.717) is 28.9 Å². The minimum atomic E-state index is -0.610. The molecule has 0 atom stereocenters. The SMILES string of the molecule is O=C(Nc1cccc(N=Cc2cc(Cc3ccccc3)cc([N+](=O)[O-])c2O)c1)c1ccccc1. The topological polar surface area (TPSA) is 105 Å². The molecule has 0 aliphatic heterocycles. The van der Waals surface area contributed by atoms with Crippen molar-refractivity contribution >= 4 is 29.2 Å². The lowest BCUT2D eigenvalue weighted by molar-refractivity contribution is -0.385. The normalized spacial score (nSPS) is 10.8. The number of carbonyl (C=O) groups is 1. The maximum Gasteiger partial charge on any atom is 0.311 e. The lowest BCUT2D eigenvalue weighted by Gasteiger charge is -2.07. The van der Waals surface area contributed by atoms with Gasteiger partial charge >= 0.3 is 5.69 Å². The zero-order chi connectivity index (χ0) is 23.9. The van der Waals surface area contributed by atoms with Gasteiger partial charge in [0.1, 0.15) is 0 Å². The second-order valence-electron chi connectivity index (χ2n) is 7.60. The molecule has 0 radical (unpaired) electrons. The highest BCUT2D eigenvalue weighted by Crippen LogP contribution is 2.32. The summed E-state index contributed by atoms with van der Waals surface area (Å²) in [6.07, 6.45) is 1.86. The molecule has 1 amide bonds. The summed E-state index contributed by atoms with van der Waals surface area (Å²) in [5.41, 5.74) is 3.13. The summed E-state index contributed by atoms with van der Waals surface area (Å²) < 4.78 is 0. The standard InChI is InChI=1S/C27H21N3O4/c31-26-22(15-20(16-25(26)30(33)34)14-19-8-3-1-4-9-19)18-28-23-12-7-13-24(17-23)29-27(32)21-10-5-2-6-11-21/h1-13,15-18,31H,14H2,(H,29,32). The number of hydrogen-bond acceptors (Lipinski definition) is 5. The van der Waals surface area contributed by atoms with E-state index in [9.17, 15) is 20.0 Å². The summed E-state index contributed by atoms with van der Waals surface area (Å²) in [5, 5.41) is 24.7. The second kappa shape index (κ2) is 10.2. The Morgan fingerprint density at radius 2 is 1.62 bits per heavy atom. The van der Waals surface area contributed by atoms with Gasteiger partial charge in [0.25, 0.3) is 5.91 Å². The average molecular weight is 451 g/mol. The summed E-state index contributed by atoms with van der Waals surface area (Å²) >= 11 is 0. The minimum Gasteiger partial charge on any atom is -0.502 e. The predicted molar refractivity (Wildman–Crippen MR) is 132 cm³/mol. The number of anilines is 1. The lowest BCUT2D eigenvalue weighted by atomic mass is 10.0. The van der Waals surface area contributed by atoms with Gasteiger partial charge in [-0.2, -0.15) is 0 Å². The Hall–Kier alpha value is -4.78. The van der Waals surface area contributed by atoms with E-state index in [2.05, 4.69) is 10.3 Å². The van der Waals surface area contributed by atoms with Crippen LogP contribution in [0.5, 0.6) is 5.75 Å². The Kier molecular flexibility index (Phi) is 6.74. The molecule has 0 fully saturated rings. The van der Waals surface area contributed by atoms with Gasteiger partial charge in [-0.1, -0.05) is 54.6 Å². The molecule has 0 aliphatic rings. The highest BCUT2D eigenvalue weighted by Gasteiger charge is 2.18. The molecule has 4 rings (SSSR count). The van der Waals surface area contributed by atoms with E-state index in [-0.39, 0.29) is 17.2 Å². The number of nitro groups is 1. The van der Waals surface area contributed by atoms with E-state index in [1.807, 2.05) is 36.4 Å². The van der Waals surface area contributed by atoms with Crippen LogP contribution in [0.2, 0.25) is 0 Å². The molecule has 0 aromatic heterocycles. The molecule has 0 unspecified atom stereocenters. The molecule has 0 saturated heterocycles. The van der Waals surface area contributed by atoms with Gasteiger partial charge in [-0.15, -0.1) is 0 Å². The molecule has 0 spiro atoms. The van der Waals surface area contributed by atoms with Gasteiger partial charge in [0, 0.05) is 29.1 Å². The van der Waals surface area contributed by atoms with Crippen molar-refractivity contribution in [2.75, 3.05) is 5.32 Å². The predicted octanol–water partition coefficient (Wildman–Crippen LogP) is 5.89. The summed E-state index contributed by atoms with van der Waals surface area (Å²) in [5.74, 6) is -0.692. The van der Waals surface area contributed by atoms with Crippen LogP contribution in [0.4, 0.5) is 17.1 Å². The minimum absolute atomic E-state index is 0.235. The number of rotatable bonds is 7. The van der Waals surface area contributed by atoms with E-state index < -0.39 is 10.7 Å². The van der Waals surface area contributed by atoms with Crippen molar-refractivity contribution in [3.8, 4) is 5.75 Å². The number of aromatic hydroxyl groups is 1. The molecule has 4 aromatic carbocycles. The number of benzene rings is 4. The highest BCUT2D eigenvalue weighted by molar-refractivity contribution is 6.04. The van der Waals surface area contributed by atoms with Crippen LogP contribution in [-0.4, -0.2) is 22.2 Å². The quantitative estimate of drug-likeness (QED) is 0.207. The van der Waals surface area contributed by atoms with Crippen molar-refractivity contribution in [3.05, 3.63) is 129 Å². The van der Waals surface area contributed by atoms with Gasteiger partial charge < -0.3 is 10.4 Å². The van der Waals surface area contributed by atoms with Crippen molar-refractivity contribution < 1.29 is 14.8 Å². The molecule has 34 heavy (non-hydrogen) atoms. The number of nitro benzene ring substituents is 1. The van der Waals surface area contributed by atoms with Crippen molar-refractivity contribution in [1.29, 1.82) is 0 Å². The molecule has 0 heterocycles. The van der Waals surface area contributed by atoms with Gasteiger partial charge in [-0.25, -0.2) is 0 Å². The largest absolute Gasteiger partial charge is 0.502 e. The molecule has 7 heteroatoms. The van der Waals surface area contributed by atoms with E-state index in [0.717, 1.165) is 5.56 Å². The summed E-state index contributed by atoms with van der Waals surface area (Å²) in [6.45, 7) is 0. The average Bonchev–Trinajstić information content (AvgIpc) is 2.85. The van der Waals surface area contributed by atoms with Crippen LogP contribution in [0.25, 0.3) is 0 Å².